The molecule has 1 atom stereocenters. The summed E-state index contributed by atoms with van der Waals surface area (Å²) in [7, 11) is 1.72. The van der Waals surface area contributed by atoms with Crippen LogP contribution in [0.15, 0.2) is 24.3 Å². The lowest BCUT2D eigenvalue weighted by Gasteiger charge is -2.22. The van der Waals surface area contributed by atoms with Crippen LogP contribution in [0.5, 0.6) is 5.75 Å². The summed E-state index contributed by atoms with van der Waals surface area (Å²) in [5, 5.41) is 6.97. The molecule has 0 saturated carbocycles. The van der Waals surface area contributed by atoms with Gasteiger partial charge in [-0.05, 0) is 37.1 Å². The Kier molecular flexibility index (Phi) is 4.19. The van der Waals surface area contributed by atoms with Crippen LogP contribution >= 0.6 is 0 Å². The normalized spacial score (nSPS) is 22.2. The standard InChI is InChI=1S/C13H20N2O/c1-16-12-5-2-4-11(10-12)13-6-3-7-14-8-9-15-13/h2,4-5,10,13-15H,3,6-9H2,1H3. The fourth-order valence-electron chi connectivity index (χ4n) is 2.14. The fourth-order valence-corrected chi connectivity index (χ4v) is 2.14. The van der Waals surface area contributed by atoms with Gasteiger partial charge < -0.3 is 15.4 Å². The van der Waals surface area contributed by atoms with Crippen LogP contribution in [0.25, 0.3) is 0 Å². The van der Waals surface area contributed by atoms with Gasteiger partial charge in [0, 0.05) is 19.1 Å². The van der Waals surface area contributed by atoms with Gasteiger partial charge in [0.1, 0.15) is 5.75 Å². The second-order valence-corrected chi connectivity index (χ2v) is 4.18. The highest BCUT2D eigenvalue weighted by molar-refractivity contribution is 5.30. The third-order valence-corrected chi connectivity index (χ3v) is 3.04. The van der Waals surface area contributed by atoms with Gasteiger partial charge in [0.2, 0.25) is 0 Å². The highest BCUT2D eigenvalue weighted by Gasteiger charge is 2.12. The first kappa shape index (κ1) is 11.4. The average molecular weight is 220 g/mol. The molecule has 1 aliphatic rings. The topological polar surface area (TPSA) is 33.3 Å². The van der Waals surface area contributed by atoms with Gasteiger partial charge in [0.25, 0.3) is 0 Å². The number of nitrogens with one attached hydrogen (secondary N) is 2. The van der Waals surface area contributed by atoms with E-state index in [4.69, 9.17) is 4.74 Å². The van der Waals surface area contributed by atoms with Crippen LogP contribution in [0.4, 0.5) is 0 Å². The van der Waals surface area contributed by atoms with Gasteiger partial charge in [-0.3, -0.25) is 0 Å². The van der Waals surface area contributed by atoms with E-state index < -0.39 is 0 Å². The van der Waals surface area contributed by atoms with E-state index >= 15 is 0 Å². The Hall–Kier alpha value is -1.06. The largest absolute Gasteiger partial charge is 0.497 e. The molecule has 0 aliphatic carbocycles. The Morgan fingerprint density at radius 1 is 1.25 bits per heavy atom. The van der Waals surface area contributed by atoms with Crippen molar-refractivity contribution in [1.29, 1.82) is 0 Å². The predicted octanol–water partition coefficient (Wildman–Crippen LogP) is 1.71. The Bertz CT molecular complexity index is 319. The molecule has 0 aromatic heterocycles. The van der Waals surface area contributed by atoms with Crippen LogP contribution in [0.2, 0.25) is 0 Å². The molecule has 1 aliphatic heterocycles. The lowest BCUT2D eigenvalue weighted by atomic mass is 10.0. The summed E-state index contributed by atoms with van der Waals surface area (Å²) in [4.78, 5) is 0. The number of rotatable bonds is 2. The quantitative estimate of drug-likeness (QED) is 0.796. The molecule has 0 bridgehead atoms. The summed E-state index contributed by atoms with van der Waals surface area (Å²) < 4.78 is 5.26. The van der Waals surface area contributed by atoms with Gasteiger partial charge >= 0.3 is 0 Å². The molecule has 2 rings (SSSR count). The molecule has 1 heterocycles. The van der Waals surface area contributed by atoms with Gasteiger partial charge in [0.05, 0.1) is 7.11 Å². The molecule has 1 saturated heterocycles. The first-order valence-electron chi connectivity index (χ1n) is 5.98. The van der Waals surface area contributed by atoms with Gasteiger partial charge in [-0.1, -0.05) is 12.1 Å². The van der Waals surface area contributed by atoms with Crippen LogP contribution in [0.1, 0.15) is 24.4 Å². The highest BCUT2D eigenvalue weighted by atomic mass is 16.5. The third kappa shape index (κ3) is 2.97. The number of ether oxygens (including phenoxy) is 1. The van der Waals surface area contributed by atoms with E-state index in [0.29, 0.717) is 6.04 Å². The van der Waals surface area contributed by atoms with Crippen LogP contribution < -0.4 is 15.4 Å². The minimum absolute atomic E-state index is 0.470. The van der Waals surface area contributed by atoms with Crippen LogP contribution in [-0.2, 0) is 0 Å². The molecular weight excluding hydrogens is 200 g/mol. The third-order valence-electron chi connectivity index (χ3n) is 3.04. The van der Waals surface area contributed by atoms with Crippen LogP contribution in [-0.4, -0.2) is 26.7 Å². The Morgan fingerprint density at radius 3 is 3.06 bits per heavy atom. The molecule has 3 heteroatoms. The Morgan fingerprint density at radius 2 is 2.19 bits per heavy atom. The van der Waals surface area contributed by atoms with Crippen molar-refractivity contribution in [3.63, 3.8) is 0 Å². The second-order valence-electron chi connectivity index (χ2n) is 4.18. The van der Waals surface area contributed by atoms with Crippen molar-refractivity contribution in [3.05, 3.63) is 29.8 Å². The summed E-state index contributed by atoms with van der Waals surface area (Å²) >= 11 is 0. The zero-order valence-corrected chi connectivity index (χ0v) is 9.83. The molecule has 16 heavy (non-hydrogen) atoms. The molecule has 1 aromatic rings. The molecule has 0 spiro atoms. The zero-order valence-electron chi connectivity index (χ0n) is 9.83. The van der Waals surface area contributed by atoms with Crippen molar-refractivity contribution in [3.8, 4) is 5.75 Å². The molecule has 88 valence electrons. The summed E-state index contributed by atoms with van der Waals surface area (Å²) in [6.07, 6.45) is 2.40. The number of methoxy groups -OCH3 is 1. The maximum atomic E-state index is 5.26. The van der Waals surface area contributed by atoms with Gasteiger partial charge in [-0.2, -0.15) is 0 Å². The maximum absolute atomic E-state index is 5.26. The Labute approximate surface area is 97.2 Å². The van der Waals surface area contributed by atoms with E-state index in [1.807, 2.05) is 6.07 Å². The monoisotopic (exact) mass is 220 g/mol. The predicted molar refractivity (Wildman–Crippen MR) is 65.8 cm³/mol. The van der Waals surface area contributed by atoms with E-state index in [0.717, 1.165) is 25.4 Å². The minimum atomic E-state index is 0.470. The molecule has 1 unspecified atom stereocenters. The van der Waals surface area contributed by atoms with E-state index in [2.05, 4.69) is 28.8 Å². The zero-order chi connectivity index (χ0) is 11.2. The molecule has 0 radical (unpaired) electrons. The van der Waals surface area contributed by atoms with Gasteiger partial charge in [-0.15, -0.1) is 0 Å². The summed E-state index contributed by atoms with van der Waals surface area (Å²) in [6.45, 7) is 3.21. The van der Waals surface area contributed by atoms with E-state index in [1.54, 1.807) is 7.11 Å². The van der Waals surface area contributed by atoms with Gasteiger partial charge in [0.15, 0.2) is 0 Å². The first-order valence-corrected chi connectivity index (χ1v) is 5.98. The minimum Gasteiger partial charge on any atom is -0.497 e. The Balaban J connectivity index is 2.07. The van der Waals surface area contributed by atoms with Crippen molar-refractivity contribution in [2.24, 2.45) is 0 Å². The molecule has 1 aromatic carbocycles. The van der Waals surface area contributed by atoms with Crippen LogP contribution in [0, 0.1) is 0 Å². The summed E-state index contributed by atoms with van der Waals surface area (Å²) in [5.74, 6) is 0.944. The van der Waals surface area contributed by atoms with Crippen LogP contribution in [0.3, 0.4) is 0 Å². The number of hydrogen-bond donors (Lipinski definition) is 2. The first-order chi connectivity index (χ1) is 7.90. The SMILES string of the molecule is COc1cccc(C2CCCNCCN2)c1. The highest BCUT2D eigenvalue weighted by Crippen LogP contribution is 2.22. The van der Waals surface area contributed by atoms with E-state index in [9.17, 15) is 0 Å². The maximum Gasteiger partial charge on any atom is 0.119 e. The lowest BCUT2D eigenvalue weighted by molar-refractivity contribution is 0.409. The fraction of sp³-hybridized carbons (Fsp3) is 0.538. The molecule has 1 fully saturated rings. The smallest absolute Gasteiger partial charge is 0.119 e. The van der Waals surface area contributed by atoms with Crippen molar-refractivity contribution in [2.45, 2.75) is 18.9 Å². The molecule has 0 amide bonds. The summed E-state index contributed by atoms with van der Waals surface area (Å²) in [5.41, 5.74) is 1.33. The lowest BCUT2D eigenvalue weighted by Crippen LogP contribution is -2.34. The van der Waals surface area contributed by atoms with Crippen molar-refractivity contribution >= 4 is 0 Å². The molecule has 3 nitrogen and oxygen atoms in total. The second kappa shape index (κ2) is 5.87. The molecular formula is C13H20N2O. The average Bonchev–Trinajstić information content (AvgIpc) is 2.29. The van der Waals surface area contributed by atoms with Crippen molar-refractivity contribution in [1.82, 2.24) is 10.6 Å². The summed E-state index contributed by atoms with van der Waals surface area (Å²) in [6, 6.07) is 8.83. The van der Waals surface area contributed by atoms with E-state index in [-0.39, 0.29) is 0 Å². The number of benzene rings is 1. The van der Waals surface area contributed by atoms with Gasteiger partial charge in [-0.25, -0.2) is 0 Å². The van der Waals surface area contributed by atoms with Crippen molar-refractivity contribution in [2.75, 3.05) is 26.7 Å². The number of hydrogen-bond acceptors (Lipinski definition) is 3. The molecule has 2 N–H and O–H groups in total. The van der Waals surface area contributed by atoms with Crippen molar-refractivity contribution < 1.29 is 4.74 Å². The van der Waals surface area contributed by atoms with E-state index in [1.165, 1.54) is 18.4 Å².